The molecule has 0 saturated carbocycles. The fourth-order valence-electron chi connectivity index (χ4n) is 2.04. The highest BCUT2D eigenvalue weighted by atomic mass is 32.2. The van der Waals surface area contributed by atoms with E-state index in [1.165, 1.54) is 62.9 Å². The van der Waals surface area contributed by atoms with Crippen molar-refractivity contribution in [3.63, 3.8) is 0 Å². The van der Waals surface area contributed by atoms with E-state index in [2.05, 4.69) is 6.92 Å². The molecule has 0 aromatic heterocycles. The van der Waals surface area contributed by atoms with Crippen LogP contribution in [0.5, 0.6) is 0 Å². The zero-order valence-corrected chi connectivity index (χ0v) is 12.8. The van der Waals surface area contributed by atoms with Gasteiger partial charge in [-0.3, -0.25) is 4.79 Å². The minimum atomic E-state index is -0.656. The molecule has 18 heavy (non-hydrogen) atoms. The van der Waals surface area contributed by atoms with Crippen LogP contribution in [-0.2, 0) is 4.79 Å². The van der Waals surface area contributed by atoms with Gasteiger partial charge in [0.05, 0.1) is 0 Å². The fraction of sp³-hybridized carbons (Fsp3) is 0.933. The zero-order chi connectivity index (χ0) is 13.5. The van der Waals surface area contributed by atoms with Crippen LogP contribution in [-0.4, -0.2) is 22.6 Å². The molecule has 0 atom stereocenters. The quantitative estimate of drug-likeness (QED) is 0.447. The first-order valence-corrected chi connectivity index (χ1v) is 8.72. The number of rotatable bonds is 14. The Morgan fingerprint density at radius 2 is 1.28 bits per heavy atom. The fourth-order valence-corrected chi connectivity index (χ4v) is 2.74. The Kier molecular flexibility index (Phi) is 14.7. The average Bonchev–Trinajstić information content (AvgIpc) is 2.34. The normalized spacial score (nSPS) is 10.7. The Morgan fingerprint density at radius 1 is 0.833 bits per heavy atom. The predicted molar refractivity (Wildman–Crippen MR) is 81.4 cm³/mol. The first kappa shape index (κ1) is 17.8. The summed E-state index contributed by atoms with van der Waals surface area (Å²) < 4.78 is 0. The van der Waals surface area contributed by atoms with Crippen molar-refractivity contribution in [3.8, 4) is 0 Å². The smallest absolute Gasteiger partial charge is 0.303 e. The summed E-state index contributed by atoms with van der Waals surface area (Å²) in [5.41, 5.74) is 0. The van der Waals surface area contributed by atoms with Gasteiger partial charge in [-0.2, -0.15) is 11.8 Å². The van der Waals surface area contributed by atoms with Gasteiger partial charge in [0.1, 0.15) is 0 Å². The van der Waals surface area contributed by atoms with Crippen molar-refractivity contribution in [2.24, 2.45) is 0 Å². The van der Waals surface area contributed by atoms with Crippen molar-refractivity contribution in [2.75, 3.05) is 11.5 Å². The Labute approximate surface area is 117 Å². The Balaban J connectivity index is 2.92. The third kappa shape index (κ3) is 15.8. The number of carboxylic acids is 1. The van der Waals surface area contributed by atoms with Crippen molar-refractivity contribution >= 4 is 17.7 Å². The third-order valence-electron chi connectivity index (χ3n) is 3.13. The highest BCUT2D eigenvalue weighted by molar-refractivity contribution is 7.99. The molecule has 0 unspecified atom stereocenters. The van der Waals surface area contributed by atoms with Crippen LogP contribution in [0.3, 0.4) is 0 Å². The number of thioether (sulfide) groups is 1. The standard InChI is InChI=1S/C15H30O2S/c1-2-18-14-12-10-8-6-4-3-5-7-9-11-13-15(16)17/h2-14H2,1H3,(H,16,17). The van der Waals surface area contributed by atoms with Gasteiger partial charge < -0.3 is 5.11 Å². The molecular weight excluding hydrogens is 244 g/mol. The third-order valence-corrected chi connectivity index (χ3v) is 4.12. The second-order valence-corrected chi connectivity index (χ2v) is 6.27. The molecule has 1 N–H and O–H groups in total. The lowest BCUT2D eigenvalue weighted by atomic mass is 10.1. The summed E-state index contributed by atoms with van der Waals surface area (Å²) in [6, 6.07) is 0. The largest absolute Gasteiger partial charge is 0.481 e. The zero-order valence-electron chi connectivity index (χ0n) is 12.0. The molecule has 0 heterocycles. The molecule has 2 nitrogen and oxygen atoms in total. The molecule has 0 aromatic carbocycles. The highest BCUT2D eigenvalue weighted by Gasteiger charge is 1.96. The van der Waals surface area contributed by atoms with Crippen LogP contribution in [0, 0.1) is 0 Å². The average molecular weight is 274 g/mol. The van der Waals surface area contributed by atoms with Crippen LogP contribution < -0.4 is 0 Å². The van der Waals surface area contributed by atoms with Gasteiger partial charge in [-0.1, -0.05) is 58.3 Å². The minimum absolute atomic E-state index is 0.343. The van der Waals surface area contributed by atoms with Gasteiger partial charge in [0, 0.05) is 6.42 Å². The number of carbonyl (C=O) groups is 1. The van der Waals surface area contributed by atoms with Gasteiger partial charge in [-0.25, -0.2) is 0 Å². The summed E-state index contributed by atoms with van der Waals surface area (Å²) in [5, 5.41) is 8.49. The van der Waals surface area contributed by atoms with E-state index in [1.807, 2.05) is 11.8 Å². The lowest BCUT2D eigenvalue weighted by molar-refractivity contribution is -0.137. The molecule has 0 aliphatic rings. The summed E-state index contributed by atoms with van der Waals surface area (Å²) in [5.74, 6) is 1.93. The molecule has 0 bridgehead atoms. The van der Waals surface area contributed by atoms with Gasteiger partial charge in [-0.15, -0.1) is 0 Å². The summed E-state index contributed by atoms with van der Waals surface area (Å²) in [7, 11) is 0. The van der Waals surface area contributed by atoms with Crippen LogP contribution >= 0.6 is 11.8 Å². The van der Waals surface area contributed by atoms with E-state index in [0.717, 1.165) is 12.8 Å². The van der Waals surface area contributed by atoms with Crippen molar-refractivity contribution in [1.29, 1.82) is 0 Å². The monoisotopic (exact) mass is 274 g/mol. The summed E-state index contributed by atoms with van der Waals surface area (Å²) >= 11 is 2.05. The number of unbranched alkanes of at least 4 members (excludes halogenated alkanes) is 9. The van der Waals surface area contributed by atoms with Gasteiger partial charge in [-0.05, 0) is 24.3 Å². The SMILES string of the molecule is CCSCCCCCCCCCCCCC(=O)O. The molecule has 0 aromatic rings. The Morgan fingerprint density at radius 3 is 1.72 bits per heavy atom. The lowest BCUT2D eigenvalue weighted by Crippen LogP contribution is -1.93. The van der Waals surface area contributed by atoms with Crippen LogP contribution in [0.1, 0.15) is 77.6 Å². The van der Waals surface area contributed by atoms with Crippen molar-refractivity contribution in [2.45, 2.75) is 77.6 Å². The van der Waals surface area contributed by atoms with E-state index in [1.54, 1.807) is 0 Å². The van der Waals surface area contributed by atoms with E-state index in [-0.39, 0.29) is 0 Å². The molecule has 108 valence electrons. The molecule has 0 radical (unpaired) electrons. The molecule has 0 aliphatic heterocycles. The maximum atomic E-state index is 10.3. The second kappa shape index (κ2) is 14.9. The molecule has 0 fully saturated rings. The topological polar surface area (TPSA) is 37.3 Å². The molecule has 3 heteroatoms. The number of aliphatic carboxylic acids is 1. The predicted octanol–water partition coefficient (Wildman–Crippen LogP) is 5.12. The lowest BCUT2D eigenvalue weighted by Gasteiger charge is -2.02. The number of carboxylic acid groups (broad SMARTS) is 1. The summed E-state index contributed by atoms with van der Waals surface area (Å²) in [6.07, 6.45) is 13.0. The minimum Gasteiger partial charge on any atom is -0.481 e. The Hall–Kier alpha value is -0.180. The number of hydrogen-bond donors (Lipinski definition) is 1. The highest BCUT2D eigenvalue weighted by Crippen LogP contribution is 2.12. The van der Waals surface area contributed by atoms with E-state index in [0.29, 0.717) is 6.42 Å². The van der Waals surface area contributed by atoms with Gasteiger partial charge in [0.2, 0.25) is 0 Å². The maximum Gasteiger partial charge on any atom is 0.303 e. The van der Waals surface area contributed by atoms with Gasteiger partial charge in [0.15, 0.2) is 0 Å². The molecular formula is C15H30O2S. The maximum absolute atomic E-state index is 10.3. The molecule has 0 aliphatic carbocycles. The van der Waals surface area contributed by atoms with E-state index >= 15 is 0 Å². The number of hydrogen-bond acceptors (Lipinski definition) is 2. The van der Waals surface area contributed by atoms with Crippen LogP contribution in [0.25, 0.3) is 0 Å². The van der Waals surface area contributed by atoms with Crippen molar-refractivity contribution in [3.05, 3.63) is 0 Å². The molecule has 0 rings (SSSR count). The van der Waals surface area contributed by atoms with Crippen LogP contribution in [0.2, 0.25) is 0 Å². The van der Waals surface area contributed by atoms with Gasteiger partial charge in [0.25, 0.3) is 0 Å². The second-order valence-electron chi connectivity index (χ2n) is 4.88. The first-order valence-electron chi connectivity index (χ1n) is 7.57. The van der Waals surface area contributed by atoms with E-state index < -0.39 is 5.97 Å². The first-order chi connectivity index (χ1) is 8.77. The molecule has 0 amide bonds. The van der Waals surface area contributed by atoms with Crippen molar-refractivity contribution < 1.29 is 9.90 Å². The van der Waals surface area contributed by atoms with E-state index in [4.69, 9.17) is 5.11 Å². The van der Waals surface area contributed by atoms with E-state index in [9.17, 15) is 4.79 Å². The molecule has 0 spiro atoms. The van der Waals surface area contributed by atoms with Crippen molar-refractivity contribution in [1.82, 2.24) is 0 Å². The van der Waals surface area contributed by atoms with Crippen LogP contribution in [0.4, 0.5) is 0 Å². The van der Waals surface area contributed by atoms with Crippen LogP contribution in [0.15, 0.2) is 0 Å². The summed E-state index contributed by atoms with van der Waals surface area (Å²) in [6.45, 7) is 2.22. The van der Waals surface area contributed by atoms with Gasteiger partial charge >= 0.3 is 5.97 Å². The Bertz CT molecular complexity index is 183. The molecule has 0 saturated heterocycles. The summed E-state index contributed by atoms with van der Waals surface area (Å²) in [4.78, 5) is 10.3.